The zero-order chi connectivity index (χ0) is 25.8. The first-order valence-electron chi connectivity index (χ1n) is 11.7. The number of ether oxygens (including phenoxy) is 4. The third-order valence-electron chi connectivity index (χ3n) is 5.58. The smallest absolute Gasteiger partial charge is 0.387 e. The summed E-state index contributed by atoms with van der Waals surface area (Å²) in [6, 6.07) is 6.08. The van der Waals surface area contributed by atoms with E-state index in [2.05, 4.69) is 15.0 Å². The molecule has 9 nitrogen and oxygen atoms in total. The van der Waals surface area contributed by atoms with Crippen LogP contribution in [0.5, 0.6) is 5.75 Å². The highest BCUT2D eigenvalue weighted by molar-refractivity contribution is 7.09. The van der Waals surface area contributed by atoms with Crippen LogP contribution in [0.1, 0.15) is 39.8 Å². The first kappa shape index (κ1) is 27.9. The van der Waals surface area contributed by atoms with Crippen molar-refractivity contribution in [3.8, 4) is 5.75 Å². The molecule has 1 N–H and O–H groups in total. The molecule has 2 heterocycles. The molecule has 0 unspecified atom stereocenters. The molecular weight excluding hydrogens is 496 g/mol. The monoisotopic (exact) mass is 527 g/mol. The molecule has 0 saturated carbocycles. The number of halogens is 2. The molecule has 12 heteroatoms. The van der Waals surface area contributed by atoms with Crippen molar-refractivity contribution in [3.63, 3.8) is 0 Å². The minimum Gasteiger partial charge on any atom is -0.435 e. The summed E-state index contributed by atoms with van der Waals surface area (Å²) in [4.78, 5) is 31.2. The van der Waals surface area contributed by atoms with Gasteiger partial charge < -0.3 is 29.2 Å². The second-order valence-corrected chi connectivity index (χ2v) is 8.98. The van der Waals surface area contributed by atoms with E-state index in [0.29, 0.717) is 45.2 Å². The predicted molar refractivity (Wildman–Crippen MR) is 128 cm³/mol. The van der Waals surface area contributed by atoms with Crippen LogP contribution in [0.3, 0.4) is 0 Å². The van der Waals surface area contributed by atoms with E-state index >= 15 is 0 Å². The molecule has 2 amide bonds. The number of carbonyl (C=O) groups excluding carboxylic acids is 2. The highest BCUT2D eigenvalue weighted by Gasteiger charge is 2.26. The number of nitrogens with zero attached hydrogens (tertiary/aromatic N) is 2. The Morgan fingerprint density at radius 3 is 2.50 bits per heavy atom. The van der Waals surface area contributed by atoms with Gasteiger partial charge in [0.05, 0.1) is 31.4 Å². The molecule has 1 saturated heterocycles. The summed E-state index contributed by atoms with van der Waals surface area (Å²) in [6.07, 6.45) is 1.54. The summed E-state index contributed by atoms with van der Waals surface area (Å²) in [5.41, 5.74) is 1.09. The number of piperidine rings is 1. The van der Waals surface area contributed by atoms with Crippen LogP contribution < -0.4 is 10.1 Å². The molecule has 0 bridgehead atoms. The number of likely N-dealkylation sites (tertiary alicyclic amines) is 1. The maximum atomic E-state index is 12.5. The molecule has 3 rings (SSSR count). The van der Waals surface area contributed by atoms with Gasteiger partial charge in [-0.2, -0.15) is 8.78 Å². The predicted octanol–water partition coefficient (Wildman–Crippen LogP) is 3.06. The lowest BCUT2D eigenvalue weighted by molar-refractivity contribution is -0.137. The van der Waals surface area contributed by atoms with E-state index < -0.39 is 6.61 Å². The van der Waals surface area contributed by atoms with Crippen molar-refractivity contribution in [1.82, 2.24) is 15.2 Å². The molecule has 36 heavy (non-hydrogen) atoms. The molecule has 1 fully saturated rings. The van der Waals surface area contributed by atoms with Gasteiger partial charge in [0, 0.05) is 38.0 Å². The van der Waals surface area contributed by atoms with Crippen LogP contribution >= 0.6 is 11.3 Å². The fourth-order valence-electron chi connectivity index (χ4n) is 3.63. The second-order valence-electron chi connectivity index (χ2n) is 8.09. The highest BCUT2D eigenvalue weighted by atomic mass is 32.1. The van der Waals surface area contributed by atoms with Crippen molar-refractivity contribution in [1.29, 1.82) is 0 Å². The van der Waals surface area contributed by atoms with E-state index in [1.807, 2.05) is 0 Å². The highest BCUT2D eigenvalue weighted by Crippen LogP contribution is 2.30. The largest absolute Gasteiger partial charge is 0.435 e. The Bertz CT molecular complexity index is 952. The number of carbonyl (C=O) groups is 2. The standard InChI is InChI=1S/C24H31F2N3O6S/c1-32-10-11-33-12-13-34-15-21(30)29-8-6-18(7-9-29)23-28-20(16-36-23)22(31)27-14-17-2-4-19(5-3-17)35-24(25)26/h2-5,16,18,24H,6-15H2,1H3,(H,27,31). The molecule has 198 valence electrons. The van der Waals surface area contributed by atoms with Crippen molar-refractivity contribution in [2.75, 3.05) is 53.2 Å². The van der Waals surface area contributed by atoms with E-state index in [-0.39, 0.29) is 36.6 Å². The topological polar surface area (TPSA) is 99.2 Å². The first-order chi connectivity index (χ1) is 17.5. The number of alkyl halides is 2. The Balaban J connectivity index is 1.36. The number of rotatable bonds is 14. The summed E-state index contributed by atoms with van der Waals surface area (Å²) in [7, 11) is 1.61. The second kappa shape index (κ2) is 14.8. The average molecular weight is 528 g/mol. The Kier molecular flexibility index (Phi) is 11.5. The molecule has 0 spiro atoms. The lowest BCUT2D eigenvalue weighted by Crippen LogP contribution is -2.40. The van der Waals surface area contributed by atoms with Crippen molar-refractivity contribution in [2.45, 2.75) is 31.9 Å². The lowest BCUT2D eigenvalue weighted by atomic mass is 9.97. The van der Waals surface area contributed by atoms with Crippen LogP contribution in [0.4, 0.5) is 8.78 Å². The fourth-order valence-corrected chi connectivity index (χ4v) is 4.60. The van der Waals surface area contributed by atoms with Gasteiger partial charge in [-0.25, -0.2) is 4.98 Å². The van der Waals surface area contributed by atoms with E-state index in [4.69, 9.17) is 14.2 Å². The minimum atomic E-state index is -2.88. The zero-order valence-electron chi connectivity index (χ0n) is 20.1. The van der Waals surface area contributed by atoms with Crippen molar-refractivity contribution < 1.29 is 37.3 Å². The van der Waals surface area contributed by atoms with Crippen LogP contribution in [0.2, 0.25) is 0 Å². The van der Waals surface area contributed by atoms with Gasteiger partial charge in [-0.3, -0.25) is 9.59 Å². The van der Waals surface area contributed by atoms with E-state index in [1.165, 1.54) is 23.5 Å². The third kappa shape index (κ3) is 9.08. The van der Waals surface area contributed by atoms with Crippen LogP contribution in [-0.2, 0) is 25.5 Å². The zero-order valence-corrected chi connectivity index (χ0v) is 20.9. The number of benzene rings is 1. The van der Waals surface area contributed by atoms with Gasteiger partial charge >= 0.3 is 6.61 Å². The Morgan fingerprint density at radius 2 is 1.81 bits per heavy atom. The van der Waals surface area contributed by atoms with Crippen molar-refractivity contribution >= 4 is 23.2 Å². The van der Waals surface area contributed by atoms with Gasteiger partial charge in [0.1, 0.15) is 18.1 Å². The lowest BCUT2D eigenvalue weighted by Gasteiger charge is -2.31. The molecule has 1 aromatic carbocycles. The van der Waals surface area contributed by atoms with E-state index in [9.17, 15) is 18.4 Å². The Labute approximate surface area is 212 Å². The summed E-state index contributed by atoms with van der Waals surface area (Å²) in [6.45, 7) is 0.416. The van der Waals surface area contributed by atoms with Gasteiger partial charge in [0.2, 0.25) is 5.91 Å². The van der Waals surface area contributed by atoms with Crippen LogP contribution in [-0.4, -0.2) is 81.5 Å². The normalized spacial score (nSPS) is 14.3. The van der Waals surface area contributed by atoms with Crippen LogP contribution in [0, 0.1) is 0 Å². The Hall–Kier alpha value is -2.67. The number of hydrogen-bond donors (Lipinski definition) is 1. The van der Waals surface area contributed by atoms with Gasteiger partial charge in [0.15, 0.2) is 0 Å². The quantitative estimate of drug-likeness (QED) is 0.377. The molecule has 0 radical (unpaired) electrons. The van der Waals surface area contributed by atoms with Crippen molar-refractivity contribution in [3.05, 3.63) is 45.9 Å². The molecule has 1 aliphatic heterocycles. The van der Waals surface area contributed by atoms with Crippen LogP contribution in [0.15, 0.2) is 29.6 Å². The van der Waals surface area contributed by atoms with Gasteiger partial charge in [0.25, 0.3) is 5.91 Å². The number of amides is 2. The summed E-state index contributed by atoms with van der Waals surface area (Å²) in [5, 5.41) is 5.39. The van der Waals surface area contributed by atoms with Crippen LogP contribution in [0.25, 0.3) is 0 Å². The summed E-state index contributed by atoms with van der Waals surface area (Å²) >= 11 is 1.44. The number of hydrogen-bond acceptors (Lipinski definition) is 8. The molecule has 0 atom stereocenters. The fraction of sp³-hybridized carbons (Fsp3) is 0.542. The SMILES string of the molecule is COCCOCCOCC(=O)N1CCC(c2nc(C(=O)NCc3ccc(OC(F)F)cc3)cs2)CC1. The summed E-state index contributed by atoms with van der Waals surface area (Å²) < 4.78 is 44.4. The molecule has 1 aliphatic rings. The molecule has 1 aromatic heterocycles. The minimum absolute atomic E-state index is 0.0296. The van der Waals surface area contributed by atoms with Gasteiger partial charge in [-0.15, -0.1) is 11.3 Å². The Morgan fingerprint density at radius 1 is 1.11 bits per heavy atom. The maximum Gasteiger partial charge on any atom is 0.387 e. The molecule has 0 aliphatic carbocycles. The van der Waals surface area contributed by atoms with Gasteiger partial charge in [-0.1, -0.05) is 12.1 Å². The summed E-state index contributed by atoms with van der Waals surface area (Å²) in [5.74, 6) is -0.0920. The number of aromatic nitrogens is 1. The molecular formula is C24H31F2N3O6S. The van der Waals surface area contributed by atoms with Crippen molar-refractivity contribution in [2.24, 2.45) is 0 Å². The first-order valence-corrected chi connectivity index (χ1v) is 12.5. The van der Waals surface area contributed by atoms with E-state index in [0.717, 1.165) is 23.4 Å². The third-order valence-corrected chi connectivity index (χ3v) is 6.59. The maximum absolute atomic E-state index is 12.5. The number of thiazole rings is 1. The number of nitrogens with one attached hydrogen (secondary N) is 1. The molecule has 2 aromatic rings. The number of methoxy groups -OCH3 is 1. The average Bonchev–Trinajstić information content (AvgIpc) is 3.38. The van der Waals surface area contributed by atoms with E-state index in [1.54, 1.807) is 29.5 Å². The van der Waals surface area contributed by atoms with Gasteiger partial charge in [-0.05, 0) is 30.5 Å².